The first-order chi connectivity index (χ1) is 7.43. The van der Waals surface area contributed by atoms with Gasteiger partial charge in [-0.25, -0.2) is 8.42 Å². The van der Waals surface area contributed by atoms with Crippen molar-refractivity contribution in [1.82, 2.24) is 0 Å². The quantitative estimate of drug-likeness (QED) is 0.612. The van der Waals surface area contributed by atoms with Crippen molar-refractivity contribution >= 4 is 26.0 Å². The highest BCUT2D eigenvalue weighted by atomic mass is 35.7. The zero-order chi connectivity index (χ0) is 12.3. The molecule has 0 bridgehead atoms. The van der Waals surface area contributed by atoms with E-state index in [1.54, 1.807) is 13.0 Å². The molecule has 4 nitrogen and oxygen atoms in total. The number of hydrogen-bond acceptors (Lipinski definition) is 4. The van der Waals surface area contributed by atoms with Crippen LogP contribution in [-0.2, 0) is 15.5 Å². The lowest BCUT2D eigenvalue weighted by molar-refractivity contribution is 0.112. The average Bonchev–Trinajstić information content (AvgIpc) is 2.25. The summed E-state index contributed by atoms with van der Waals surface area (Å²) < 4.78 is 22.6. The number of halogens is 1. The SMILES string of the molecule is CCc1cc(C=O)cc(C#N)c1S(=O)(=O)Cl. The van der Waals surface area contributed by atoms with E-state index in [0.29, 0.717) is 18.3 Å². The topological polar surface area (TPSA) is 75.0 Å². The molecule has 0 atom stereocenters. The maximum atomic E-state index is 11.3. The van der Waals surface area contributed by atoms with Crippen LogP contribution in [-0.4, -0.2) is 14.7 Å². The van der Waals surface area contributed by atoms with E-state index in [1.807, 2.05) is 0 Å². The van der Waals surface area contributed by atoms with Gasteiger partial charge in [0.15, 0.2) is 0 Å². The Morgan fingerprint density at radius 3 is 2.50 bits per heavy atom. The molecule has 6 heteroatoms. The van der Waals surface area contributed by atoms with Crippen LogP contribution in [0.1, 0.15) is 28.4 Å². The Balaban J connectivity index is 3.72. The molecule has 16 heavy (non-hydrogen) atoms. The number of nitriles is 1. The third-order valence-corrected chi connectivity index (χ3v) is 3.50. The third-order valence-electron chi connectivity index (χ3n) is 2.07. The Morgan fingerprint density at radius 2 is 2.12 bits per heavy atom. The Hall–Kier alpha value is -1.38. The number of aldehydes is 1. The molecule has 0 aromatic heterocycles. The molecule has 1 aromatic rings. The van der Waals surface area contributed by atoms with Crippen molar-refractivity contribution in [3.8, 4) is 6.07 Å². The summed E-state index contributed by atoms with van der Waals surface area (Å²) in [7, 11) is 1.28. The molecule has 1 aromatic carbocycles. The van der Waals surface area contributed by atoms with Gasteiger partial charge in [-0.1, -0.05) is 6.92 Å². The van der Waals surface area contributed by atoms with Gasteiger partial charge in [0.25, 0.3) is 9.05 Å². The van der Waals surface area contributed by atoms with E-state index in [4.69, 9.17) is 15.9 Å². The van der Waals surface area contributed by atoms with Crippen molar-refractivity contribution in [3.05, 3.63) is 28.8 Å². The summed E-state index contributed by atoms with van der Waals surface area (Å²) in [5, 5.41) is 8.83. The third kappa shape index (κ3) is 2.40. The van der Waals surface area contributed by atoms with E-state index in [9.17, 15) is 13.2 Å². The zero-order valence-electron chi connectivity index (χ0n) is 8.40. The molecule has 0 fully saturated rings. The lowest BCUT2D eigenvalue weighted by atomic mass is 10.1. The first-order valence-corrected chi connectivity index (χ1v) is 6.71. The van der Waals surface area contributed by atoms with Crippen LogP contribution in [0.15, 0.2) is 17.0 Å². The standard InChI is InChI=1S/C10H8ClNO3S/c1-2-8-3-7(6-13)4-9(5-12)10(8)16(11,14)15/h3-4,6H,2H2,1H3. The van der Waals surface area contributed by atoms with Crippen molar-refractivity contribution in [3.63, 3.8) is 0 Å². The second-order valence-electron chi connectivity index (χ2n) is 3.08. The molecule has 0 saturated heterocycles. The van der Waals surface area contributed by atoms with E-state index in [-0.39, 0.29) is 16.0 Å². The molecule has 0 saturated carbocycles. The minimum absolute atomic E-state index is 0.101. The van der Waals surface area contributed by atoms with Gasteiger partial charge in [0.2, 0.25) is 0 Å². The van der Waals surface area contributed by atoms with Gasteiger partial charge in [-0.3, -0.25) is 4.79 Å². The Morgan fingerprint density at radius 1 is 1.50 bits per heavy atom. The molecule has 0 N–H and O–H groups in total. The number of carbonyl (C=O) groups excluding carboxylic acids is 1. The highest BCUT2D eigenvalue weighted by Gasteiger charge is 2.20. The van der Waals surface area contributed by atoms with Gasteiger partial charge in [0, 0.05) is 16.2 Å². The summed E-state index contributed by atoms with van der Waals surface area (Å²) in [5.74, 6) is 0. The Labute approximate surface area is 97.9 Å². The second kappa shape index (κ2) is 4.64. The van der Waals surface area contributed by atoms with Gasteiger partial charge in [0.1, 0.15) is 17.3 Å². The van der Waals surface area contributed by atoms with Gasteiger partial charge in [-0.05, 0) is 24.1 Å². The van der Waals surface area contributed by atoms with E-state index in [0.717, 1.165) is 0 Å². The summed E-state index contributed by atoms with van der Waals surface area (Å²) >= 11 is 0. The fourth-order valence-corrected chi connectivity index (χ4v) is 2.85. The van der Waals surface area contributed by atoms with E-state index >= 15 is 0 Å². The predicted octanol–water partition coefficient (Wildman–Crippen LogP) is 1.86. The molecular weight excluding hydrogens is 250 g/mol. The van der Waals surface area contributed by atoms with Gasteiger partial charge in [-0.15, -0.1) is 0 Å². The van der Waals surface area contributed by atoms with E-state index in [2.05, 4.69) is 0 Å². The van der Waals surface area contributed by atoms with Crippen LogP contribution in [0.2, 0.25) is 0 Å². The molecule has 0 spiro atoms. The normalized spacial score (nSPS) is 10.8. The van der Waals surface area contributed by atoms with Gasteiger partial charge in [-0.2, -0.15) is 5.26 Å². The predicted molar refractivity (Wildman–Crippen MR) is 59.0 cm³/mol. The van der Waals surface area contributed by atoms with Crippen LogP contribution >= 0.6 is 10.7 Å². The molecule has 0 aliphatic rings. The van der Waals surface area contributed by atoms with Crippen LogP contribution < -0.4 is 0 Å². The number of benzene rings is 1. The molecule has 0 unspecified atom stereocenters. The van der Waals surface area contributed by atoms with Crippen LogP contribution in [0.5, 0.6) is 0 Å². The molecule has 1 rings (SSSR count). The monoisotopic (exact) mass is 257 g/mol. The summed E-state index contributed by atoms with van der Waals surface area (Å²) in [4.78, 5) is 10.4. The smallest absolute Gasteiger partial charge is 0.262 e. The first kappa shape index (κ1) is 12.7. The maximum absolute atomic E-state index is 11.3. The number of carbonyl (C=O) groups is 1. The molecular formula is C10H8ClNO3S. The summed E-state index contributed by atoms with van der Waals surface area (Å²) in [6.07, 6.45) is 0.933. The Bertz CT molecular complexity index is 572. The minimum atomic E-state index is -3.98. The molecule has 0 amide bonds. The van der Waals surface area contributed by atoms with Gasteiger partial charge >= 0.3 is 0 Å². The maximum Gasteiger partial charge on any atom is 0.262 e. The first-order valence-electron chi connectivity index (χ1n) is 4.41. The number of nitrogens with zero attached hydrogens (tertiary/aromatic N) is 1. The Kier molecular flexibility index (Phi) is 3.68. The number of aryl methyl sites for hydroxylation is 1. The van der Waals surface area contributed by atoms with Crippen LogP contribution in [0, 0.1) is 11.3 Å². The van der Waals surface area contributed by atoms with Gasteiger partial charge < -0.3 is 0 Å². The molecule has 0 aliphatic heterocycles. The molecule has 84 valence electrons. The van der Waals surface area contributed by atoms with Crippen molar-refractivity contribution in [1.29, 1.82) is 5.26 Å². The summed E-state index contributed by atoms with van der Waals surface area (Å²) in [6.45, 7) is 1.72. The van der Waals surface area contributed by atoms with E-state index in [1.165, 1.54) is 12.1 Å². The van der Waals surface area contributed by atoms with Crippen LogP contribution in [0.3, 0.4) is 0 Å². The zero-order valence-corrected chi connectivity index (χ0v) is 9.97. The highest BCUT2D eigenvalue weighted by Crippen LogP contribution is 2.25. The summed E-state index contributed by atoms with van der Waals surface area (Å²) in [5.41, 5.74) is 0.532. The minimum Gasteiger partial charge on any atom is -0.298 e. The molecule has 0 radical (unpaired) electrons. The largest absolute Gasteiger partial charge is 0.298 e. The van der Waals surface area contributed by atoms with Gasteiger partial charge in [0.05, 0.1) is 5.56 Å². The second-order valence-corrected chi connectivity index (χ2v) is 5.58. The lowest BCUT2D eigenvalue weighted by Gasteiger charge is -2.07. The summed E-state index contributed by atoms with van der Waals surface area (Å²) in [6, 6.07) is 4.36. The average molecular weight is 258 g/mol. The number of hydrogen-bond donors (Lipinski definition) is 0. The van der Waals surface area contributed by atoms with Crippen molar-refractivity contribution in [2.75, 3.05) is 0 Å². The fourth-order valence-electron chi connectivity index (χ4n) is 1.42. The van der Waals surface area contributed by atoms with E-state index < -0.39 is 9.05 Å². The van der Waals surface area contributed by atoms with Crippen LogP contribution in [0.4, 0.5) is 0 Å². The van der Waals surface area contributed by atoms with Crippen molar-refractivity contribution in [2.45, 2.75) is 18.2 Å². The lowest BCUT2D eigenvalue weighted by Crippen LogP contribution is -2.02. The van der Waals surface area contributed by atoms with Crippen LogP contribution in [0.25, 0.3) is 0 Å². The fraction of sp³-hybridized carbons (Fsp3) is 0.200. The van der Waals surface area contributed by atoms with Crippen molar-refractivity contribution in [2.24, 2.45) is 0 Å². The molecule has 0 aliphatic carbocycles. The number of rotatable bonds is 3. The highest BCUT2D eigenvalue weighted by molar-refractivity contribution is 8.13. The van der Waals surface area contributed by atoms with Crippen molar-refractivity contribution < 1.29 is 13.2 Å². The molecule has 0 heterocycles.